The first-order valence-electron chi connectivity index (χ1n) is 10.1. The fraction of sp³-hybridized carbons (Fsp3) is 0.842. The minimum atomic E-state index is -5.14. The van der Waals surface area contributed by atoms with Crippen molar-refractivity contribution in [2.24, 2.45) is 5.41 Å². The Morgan fingerprint density at radius 3 is 2.41 bits per heavy atom. The summed E-state index contributed by atoms with van der Waals surface area (Å²) < 4.78 is 41.9. The SMILES string of the molecule is N#C[C@@H]1CSC(OC(=O)C(F)(F)F)N1C(=O)CNC1CCC2(CCCCC2)CC1. The van der Waals surface area contributed by atoms with Gasteiger partial charge in [0.15, 0.2) is 0 Å². The number of hydrogen-bond acceptors (Lipinski definition) is 6. The van der Waals surface area contributed by atoms with Crippen LogP contribution in [0.3, 0.4) is 0 Å². The van der Waals surface area contributed by atoms with Crippen molar-refractivity contribution in [3.8, 4) is 6.07 Å². The van der Waals surface area contributed by atoms with Crippen molar-refractivity contribution in [2.45, 2.75) is 81.6 Å². The molecule has 2 saturated carbocycles. The Hall–Kier alpha value is -1.47. The standard InChI is InChI=1S/C19H26F3N3O3S/c20-19(21,22)16(27)28-17-25(14(10-23)12-29-17)15(26)11-24-13-4-8-18(9-5-13)6-2-1-3-7-18/h13-14,17,24H,1-9,11-12H2/t14-,17?/m1/s1. The number of ether oxygens (including phenoxy) is 1. The molecular weight excluding hydrogens is 407 g/mol. The monoisotopic (exact) mass is 433 g/mol. The molecule has 2 aliphatic carbocycles. The molecule has 1 unspecified atom stereocenters. The molecule has 1 saturated heterocycles. The van der Waals surface area contributed by atoms with E-state index in [4.69, 9.17) is 0 Å². The number of nitrogens with one attached hydrogen (secondary N) is 1. The first kappa shape index (κ1) is 22.2. The van der Waals surface area contributed by atoms with Gasteiger partial charge in [-0.2, -0.15) is 18.4 Å². The predicted octanol–water partition coefficient (Wildman–Crippen LogP) is 3.33. The molecule has 0 aromatic rings. The smallest absolute Gasteiger partial charge is 0.425 e. The number of amides is 1. The zero-order valence-corrected chi connectivity index (χ0v) is 17.0. The van der Waals surface area contributed by atoms with E-state index in [2.05, 4.69) is 10.1 Å². The third kappa shape index (κ3) is 5.37. The summed E-state index contributed by atoms with van der Waals surface area (Å²) in [5.74, 6) is -2.78. The van der Waals surface area contributed by atoms with Gasteiger partial charge < -0.3 is 10.1 Å². The lowest BCUT2D eigenvalue weighted by Crippen LogP contribution is -2.49. The summed E-state index contributed by atoms with van der Waals surface area (Å²) in [6, 6.07) is 1.16. The number of esters is 1. The molecule has 0 radical (unpaired) electrons. The maximum atomic E-state index is 12.6. The number of hydrogen-bond donors (Lipinski definition) is 1. The van der Waals surface area contributed by atoms with Crippen LogP contribution in [0.4, 0.5) is 13.2 Å². The van der Waals surface area contributed by atoms with Crippen LogP contribution in [0.1, 0.15) is 57.8 Å². The van der Waals surface area contributed by atoms with E-state index in [-0.39, 0.29) is 18.3 Å². The fourth-order valence-corrected chi connectivity index (χ4v) is 5.84. The third-order valence-corrected chi connectivity index (χ3v) is 7.46. The van der Waals surface area contributed by atoms with Crippen LogP contribution >= 0.6 is 11.8 Å². The average molecular weight is 433 g/mol. The van der Waals surface area contributed by atoms with Gasteiger partial charge in [0, 0.05) is 11.8 Å². The lowest BCUT2D eigenvalue weighted by Gasteiger charge is -2.43. The summed E-state index contributed by atoms with van der Waals surface area (Å²) in [5.41, 5.74) is -0.977. The molecule has 1 aliphatic heterocycles. The molecule has 3 aliphatic rings. The number of nitrogens with zero attached hydrogens (tertiary/aromatic N) is 2. The van der Waals surface area contributed by atoms with E-state index in [1.54, 1.807) is 0 Å². The highest BCUT2D eigenvalue weighted by Crippen LogP contribution is 2.47. The molecule has 1 N–H and O–H groups in total. The summed E-state index contributed by atoms with van der Waals surface area (Å²) in [6.45, 7) is -0.0868. The Morgan fingerprint density at radius 2 is 1.83 bits per heavy atom. The Bertz CT molecular complexity index is 651. The van der Waals surface area contributed by atoms with Gasteiger partial charge in [-0.1, -0.05) is 31.0 Å². The molecule has 0 aromatic heterocycles. The van der Waals surface area contributed by atoms with Gasteiger partial charge in [0.2, 0.25) is 11.5 Å². The lowest BCUT2D eigenvalue weighted by atomic mass is 9.64. The van der Waals surface area contributed by atoms with Gasteiger partial charge in [-0.15, -0.1) is 0 Å². The van der Waals surface area contributed by atoms with Gasteiger partial charge in [-0.05, 0) is 43.9 Å². The highest BCUT2D eigenvalue weighted by molar-refractivity contribution is 8.00. The van der Waals surface area contributed by atoms with Crippen LogP contribution in [0.25, 0.3) is 0 Å². The van der Waals surface area contributed by atoms with Crippen LogP contribution in [-0.2, 0) is 14.3 Å². The van der Waals surface area contributed by atoms with Crippen LogP contribution in [0.2, 0.25) is 0 Å². The molecule has 0 bridgehead atoms. The van der Waals surface area contributed by atoms with Gasteiger partial charge in [0.05, 0.1) is 12.6 Å². The second kappa shape index (κ2) is 9.13. The highest BCUT2D eigenvalue weighted by atomic mass is 32.2. The van der Waals surface area contributed by atoms with Crippen molar-refractivity contribution in [3.63, 3.8) is 0 Å². The molecular formula is C19H26F3N3O3S. The second-order valence-corrected chi connectivity index (χ2v) is 9.28. The molecule has 0 aromatic carbocycles. The van der Waals surface area contributed by atoms with E-state index in [1.807, 2.05) is 6.07 Å². The maximum Gasteiger partial charge on any atom is 0.491 e. The van der Waals surface area contributed by atoms with Crippen molar-refractivity contribution in [1.29, 1.82) is 5.26 Å². The minimum Gasteiger partial charge on any atom is -0.425 e. The number of thioether (sulfide) groups is 1. The summed E-state index contributed by atoms with van der Waals surface area (Å²) in [5, 5.41) is 12.4. The molecule has 162 valence electrons. The van der Waals surface area contributed by atoms with Gasteiger partial charge in [-0.25, -0.2) is 4.79 Å². The summed E-state index contributed by atoms with van der Waals surface area (Å²) >= 11 is 0.844. The second-order valence-electron chi connectivity index (χ2n) is 8.21. The van der Waals surface area contributed by atoms with E-state index < -0.39 is 29.7 Å². The quantitative estimate of drug-likeness (QED) is 0.685. The van der Waals surface area contributed by atoms with E-state index in [0.29, 0.717) is 5.41 Å². The van der Waals surface area contributed by atoms with Crippen LogP contribution in [-0.4, -0.2) is 52.9 Å². The van der Waals surface area contributed by atoms with E-state index in [9.17, 15) is 28.0 Å². The Balaban J connectivity index is 1.51. The van der Waals surface area contributed by atoms with Gasteiger partial charge >= 0.3 is 12.1 Å². The number of halogens is 3. The van der Waals surface area contributed by atoms with Crippen molar-refractivity contribution in [2.75, 3.05) is 12.3 Å². The van der Waals surface area contributed by atoms with E-state index >= 15 is 0 Å². The Labute approximate surface area is 172 Å². The molecule has 3 fully saturated rings. The number of alkyl halides is 3. The van der Waals surface area contributed by atoms with Crippen LogP contribution in [0.5, 0.6) is 0 Å². The lowest BCUT2D eigenvalue weighted by molar-refractivity contribution is -0.206. The number of carbonyl (C=O) groups is 2. The van der Waals surface area contributed by atoms with Gasteiger partial charge in [0.25, 0.3) is 0 Å². The summed E-state index contributed by atoms with van der Waals surface area (Å²) in [4.78, 5) is 24.7. The Kier molecular flexibility index (Phi) is 6.99. The molecule has 1 spiro atoms. The van der Waals surface area contributed by atoms with Crippen molar-refractivity contribution >= 4 is 23.6 Å². The minimum absolute atomic E-state index is 0.0868. The van der Waals surface area contributed by atoms with Crippen molar-refractivity contribution < 1.29 is 27.5 Å². The van der Waals surface area contributed by atoms with Crippen molar-refractivity contribution in [1.82, 2.24) is 10.2 Å². The summed E-state index contributed by atoms with van der Waals surface area (Å²) in [6.07, 6.45) is 5.50. The molecule has 1 heterocycles. The molecule has 10 heteroatoms. The molecule has 1 amide bonds. The number of rotatable bonds is 4. The molecule has 2 atom stereocenters. The van der Waals surface area contributed by atoms with E-state index in [1.165, 1.54) is 32.1 Å². The first-order chi connectivity index (χ1) is 13.7. The number of nitriles is 1. The van der Waals surface area contributed by atoms with Crippen molar-refractivity contribution in [3.05, 3.63) is 0 Å². The van der Waals surface area contributed by atoms with Gasteiger partial charge in [-0.3, -0.25) is 9.69 Å². The normalized spacial score (nSPS) is 27.6. The molecule has 6 nitrogen and oxygen atoms in total. The molecule has 3 rings (SSSR count). The first-order valence-corrected chi connectivity index (χ1v) is 11.1. The maximum absolute atomic E-state index is 12.6. The third-order valence-electron chi connectivity index (χ3n) is 6.34. The fourth-order valence-electron chi connectivity index (χ4n) is 4.68. The zero-order valence-electron chi connectivity index (χ0n) is 16.2. The largest absolute Gasteiger partial charge is 0.491 e. The summed E-state index contributed by atoms with van der Waals surface area (Å²) in [7, 11) is 0. The van der Waals surface area contributed by atoms with Crippen LogP contribution in [0, 0.1) is 16.7 Å². The van der Waals surface area contributed by atoms with Crippen LogP contribution < -0.4 is 5.32 Å². The molecule has 29 heavy (non-hydrogen) atoms. The topological polar surface area (TPSA) is 82.4 Å². The van der Waals surface area contributed by atoms with Crippen LogP contribution in [0.15, 0.2) is 0 Å². The highest BCUT2D eigenvalue weighted by Gasteiger charge is 2.47. The number of carbonyl (C=O) groups excluding carboxylic acids is 2. The van der Waals surface area contributed by atoms with E-state index in [0.717, 1.165) is 42.3 Å². The average Bonchev–Trinajstić information content (AvgIpc) is 3.10. The zero-order chi connectivity index (χ0) is 21.1. The predicted molar refractivity (Wildman–Crippen MR) is 100 cm³/mol. The Morgan fingerprint density at radius 1 is 1.17 bits per heavy atom. The van der Waals surface area contributed by atoms with Gasteiger partial charge in [0.1, 0.15) is 6.04 Å².